The number of rotatable bonds is 0. The van der Waals surface area contributed by atoms with E-state index in [4.69, 9.17) is 0 Å². The van der Waals surface area contributed by atoms with E-state index in [1.165, 1.54) is 24.3 Å². The SMILES string of the molecule is CC1SCCCC[S+](C)C1C. The van der Waals surface area contributed by atoms with Crippen LogP contribution in [-0.2, 0) is 10.9 Å². The number of hydrogen-bond acceptors (Lipinski definition) is 1. The zero-order valence-corrected chi connectivity index (χ0v) is 9.43. The summed E-state index contributed by atoms with van der Waals surface area (Å²) in [6, 6.07) is 0. The molecule has 1 fully saturated rings. The predicted octanol–water partition coefficient (Wildman–Crippen LogP) is 2.54. The van der Waals surface area contributed by atoms with E-state index in [0.717, 1.165) is 10.5 Å². The molecule has 0 amide bonds. The smallest absolute Gasteiger partial charge is 0.126 e. The van der Waals surface area contributed by atoms with Crippen LogP contribution in [0.3, 0.4) is 0 Å². The Morgan fingerprint density at radius 3 is 2.73 bits per heavy atom. The van der Waals surface area contributed by atoms with E-state index < -0.39 is 0 Å². The first kappa shape index (κ1) is 9.79. The fraction of sp³-hybridized carbons (Fsp3) is 1.00. The van der Waals surface area contributed by atoms with Crippen LogP contribution in [-0.4, -0.2) is 28.3 Å². The van der Waals surface area contributed by atoms with Gasteiger partial charge in [0.1, 0.15) is 11.0 Å². The van der Waals surface area contributed by atoms with Crippen molar-refractivity contribution in [3.63, 3.8) is 0 Å². The Hall–Kier alpha value is 0.700. The molecule has 0 aromatic heterocycles. The van der Waals surface area contributed by atoms with Gasteiger partial charge in [-0.3, -0.25) is 0 Å². The van der Waals surface area contributed by atoms with Crippen LogP contribution < -0.4 is 0 Å². The van der Waals surface area contributed by atoms with E-state index in [9.17, 15) is 0 Å². The van der Waals surface area contributed by atoms with Crippen LogP contribution in [0.2, 0.25) is 0 Å². The highest BCUT2D eigenvalue weighted by molar-refractivity contribution is 8.02. The molecule has 1 heterocycles. The average molecular weight is 191 g/mol. The third kappa shape index (κ3) is 2.90. The summed E-state index contributed by atoms with van der Waals surface area (Å²) in [5.41, 5.74) is 0. The average Bonchev–Trinajstić information content (AvgIpc) is 2.00. The molecule has 0 aromatic rings. The maximum atomic E-state index is 2.44. The second-order valence-electron chi connectivity index (χ2n) is 3.38. The van der Waals surface area contributed by atoms with Gasteiger partial charge in [0.2, 0.25) is 0 Å². The van der Waals surface area contributed by atoms with Gasteiger partial charge in [0, 0.05) is 5.25 Å². The summed E-state index contributed by atoms with van der Waals surface area (Å²) in [7, 11) is 0.686. The zero-order valence-electron chi connectivity index (χ0n) is 7.80. The molecule has 11 heavy (non-hydrogen) atoms. The Kier molecular flexibility index (Phi) is 4.14. The summed E-state index contributed by atoms with van der Waals surface area (Å²) in [5, 5.41) is 1.84. The Balaban J connectivity index is 2.42. The fourth-order valence-electron chi connectivity index (χ4n) is 1.35. The Bertz CT molecular complexity index is 102. The van der Waals surface area contributed by atoms with Crippen molar-refractivity contribution in [3.05, 3.63) is 0 Å². The van der Waals surface area contributed by atoms with Crippen LogP contribution in [0.15, 0.2) is 0 Å². The lowest BCUT2D eigenvalue weighted by Crippen LogP contribution is -2.30. The molecule has 0 bridgehead atoms. The predicted molar refractivity (Wildman–Crippen MR) is 58.8 cm³/mol. The molecule has 1 aliphatic heterocycles. The Morgan fingerprint density at radius 2 is 2.00 bits per heavy atom. The van der Waals surface area contributed by atoms with Crippen molar-refractivity contribution in [2.45, 2.75) is 37.2 Å². The van der Waals surface area contributed by atoms with E-state index in [1.807, 2.05) is 0 Å². The minimum absolute atomic E-state index is 0.686. The van der Waals surface area contributed by atoms with Gasteiger partial charge in [0.15, 0.2) is 0 Å². The molecule has 0 aromatic carbocycles. The topological polar surface area (TPSA) is 0 Å². The van der Waals surface area contributed by atoms with Crippen molar-refractivity contribution in [1.29, 1.82) is 0 Å². The normalized spacial score (nSPS) is 41.2. The fourth-order valence-corrected chi connectivity index (χ4v) is 4.85. The maximum Gasteiger partial charge on any atom is 0.126 e. The first-order valence-corrected chi connectivity index (χ1v) is 7.36. The van der Waals surface area contributed by atoms with Crippen molar-refractivity contribution < 1.29 is 0 Å². The molecule has 2 heteroatoms. The molecular weight excluding hydrogens is 172 g/mol. The van der Waals surface area contributed by atoms with Crippen molar-refractivity contribution in [2.75, 3.05) is 17.8 Å². The van der Waals surface area contributed by atoms with E-state index in [2.05, 4.69) is 31.9 Å². The number of thioether (sulfide) groups is 1. The van der Waals surface area contributed by atoms with Crippen molar-refractivity contribution in [1.82, 2.24) is 0 Å². The van der Waals surface area contributed by atoms with Crippen LogP contribution in [0.4, 0.5) is 0 Å². The molecule has 0 saturated carbocycles. The van der Waals surface area contributed by atoms with E-state index in [-0.39, 0.29) is 0 Å². The summed E-state index contributed by atoms with van der Waals surface area (Å²) in [6.45, 7) is 4.82. The zero-order chi connectivity index (χ0) is 8.27. The Morgan fingerprint density at radius 1 is 1.27 bits per heavy atom. The van der Waals surface area contributed by atoms with Gasteiger partial charge in [-0.15, -0.1) is 0 Å². The summed E-state index contributed by atoms with van der Waals surface area (Å²) >= 11 is 2.17. The second-order valence-corrected chi connectivity index (χ2v) is 7.40. The standard InChI is InChI=1S/C9H19S2/c1-8-9(2)11(3)7-5-4-6-10-8/h8-9H,4-7H2,1-3H3/q+1. The number of hydrogen-bond donors (Lipinski definition) is 0. The molecule has 0 aliphatic carbocycles. The van der Waals surface area contributed by atoms with Crippen LogP contribution in [0, 0.1) is 0 Å². The van der Waals surface area contributed by atoms with Gasteiger partial charge in [-0.05, 0) is 43.3 Å². The molecule has 0 spiro atoms. The van der Waals surface area contributed by atoms with Gasteiger partial charge in [-0.1, -0.05) is 0 Å². The monoisotopic (exact) mass is 191 g/mol. The maximum absolute atomic E-state index is 2.44. The van der Waals surface area contributed by atoms with Crippen molar-refractivity contribution in [3.8, 4) is 0 Å². The third-order valence-electron chi connectivity index (χ3n) is 2.54. The molecule has 0 nitrogen and oxygen atoms in total. The minimum atomic E-state index is 0.686. The largest absolute Gasteiger partial charge is 0.154 e. The van der Waals surface area contributed by atoms with Crippen LogP contribution in [0.5, 0.6) is 0 Å². The van der Waals surface area contributed by atoms with Gasteiger partial charge < -0.3 is 0 Å². The van der Waals surface area contributed by atoms with Gasteiger partial charge in [0.25, 0.3) is 0 Å². The minimum Gasteiger partial charge on any atom is -0.154 e. The highest BCUT2D eigenvalue weighted by Crippen LogP contribution is 2.24. The molecule has 1 aliphatic rings. The van der Waals surface area contributed by atoms with Crippen molar-refractivity contribution >= 4 is 22.7 Å². The first-order valence-electron chi connectivity index (χ1n) is 4.45. The lowest BCUT2D eigenvalue weighted by Gasteiger charge is -2.21. The van der Waals surface area contributed by atoms with E-state index >= 15 is 0 Å². The third-order valence-corrected chi connectivity index (χ3v) is 6.78. The molecule has 1 rings (SSSR count). The van der Waals surface area contributed by atoms with Gasteiger partial charge in [-0.25, -0.2) is 0 Å². The van der Waals surface area contributed by atoms with Crippen LogP contribution in [0.1, 0.15) is 26.7 Å². The van der Waals surface area contributed by atoms with Gasteiger partial charge >= 0.3 is 0 Å². The molecule has 66 valence electrons. The van der Waals surface area contributed by atoms with E-state index in [0.29, 0.717) is 10.9 Å². The first-order chi connectivity index (χ1) is 5.22. The molecule has 1 saturated heterocycles. The molecular formula is C9H19S2+. The van der Waals surface area contributed by atoms with Crippen LogP contribution in [0.25, 0.3) is 0 Å². The second kappa shape index (κ2) is 4.66. The summed E-state index contributed by atoms with van der Waals surface area (Å²) in [6.07, 6.45) is 5.34. The molecule has 0 N–H and O–H groups in total. The van der Waals surface area contributed by atoms with Gasteiger partial charge in [-0.2, -0.15) is 11.8 Å². The lowest BCUT2D eigenvalue weighted by molar-refractivity contribution is 0.851. The van der Waals surface area contributed by atoms with Gasteiger partial charge in [0.05, 0.1) is 6.26 Å². The van der Waals surface area contributed by atoms with Crippen LogP contribution >= 0.6 is 11.8 Å². The highest BCUT2D eigenvalue weighted by atomic mass is 32.2. The summed E-state index contributed by atoms with van der Waals surface area (Å²) in [4.78, 5) is 0. The molecule has 3 atom stereocenters. The summed E-state index contributed by atoms with van der Waals surface area (Å²) in [5.74, 6) is 2.87. The molecule has 3 unspecified atom stereocenters. The van der Waals surface area contributed by atoms with E-state index in [1.54, 1.807) is 0 Å². The quantitative estimate of drug-likeness (QED) is 0.530. The highest BCUT2D eigenvalue weighted by Gasteiger charge is 2.28. The van der Waals surface area contributed by atoms with Crippen molar-refractivity contribution in [2.24, 2.45) is 0 Å². The molecule has 0 radical (unpaired) electrons. The summed E-state index contributed by atoms with van der Waals surface area (Å²) < 4.78 is 0. The lowest BCUT2D eigenvalue weighted by atomic mass is 10.3. The Labute approximate surface area is 77.9 Å².